The Morgan fingerprint density at radius 1 is 1.04 bits per heavy atom. The minimum absolute atomic E-state index is 0.307. The zero-order valence-electron chi connectivity index (χ0n) is 13.9. The molecule has 0 amide bonds. The molecule has 0 aliphatic rings. The van der Waals surface area contributed by atoms with Gasteiger partial charge in [0.15, 0.2) is 11.5 Å². The third kappa shape index (κ3) is 4.84. The number of aliphatic hydroxyl groups is 1. The van der Waals surface area contributed by atoms with Crippen molar-refractivity contribution in [3.8, 4) is 11.5 Å². The van der Waals surface area contributed by atoms with Crippen LogP contribution in [-0.2, 0) is 20.9 Å². The monoisotopic (exact) mass is 342 g/mol. The molecule has 25 heavy (non-hydrogen) atoms. The summed E-state index contributed by atoms with van der Waals surface area (Å²) in [7, 11) is 2.59. The van der Waals surface area contributed by atoms with Gasteiger partial charge in [-0.2, -0.15) is 0 Å². The van der Waals surface area contributed by atoms with Crippen LogP contribution in [0.2, 0.25) is 0 Å². The molecule has 0 fully saturated rings. The van der Waals surface area contributed by atoms with E-state index in [4.69, 9.17) is 9.47 Å². The Morgan fingerprint density at radius 3 is 2.40 bits per heavy atom. The first-order valence-electron chi connectivity index (χ1n) is 7.43. The van der Waals surface area contributed by atoms with Crippen molar-refractivity contribution in [2.45, 2.75) is 6.61 Å². The van der Waals surface area contributed by atoms with E-state index in [1.807, 2.05) is 30.3 Å². The van der Waals surface area contributed by atoms with Crippen LogP contribution in [0.25, 0.3) is 5.76 Å². The van der Waals surface area contributed by atoms with Crippen LogP contribution in [0, 0.1) is 0 Å². The van der Waals surface area contributed by atoms with Gasteiger partial charge in [-0.05, 0) is 23.8 Å². The highest BCUT2D eigenvalue weighted by Crippen LogP contribution is 2.30. The molecular formula is C19H18O6. The lowest BCUT2D eigenvalue weighted by Crippen LogP contribution is -2.13. The van der Waals surface area contributed by atoms with E-state index in [2.05, 4.69) is 4.74 Å². The predicted octanol–water partition coefficient (Wildman–Crippen LogP) is 2.92. The maximum Gasteiger partial charge on any atom is 0.378 e. The highest BCUT2D eigenvalue weighted by atomic mass is 16.5. The zero-order valence-corrected chi connectivity index (χ0v) is 13.9. The lowest BCUT2D eigenvalue weighted by Gasteiger charge is -2.12. The number of benzene rings is 2. The van der Waals surface area contributed by atoms with Crippen LogP contribution in [0.4, 0.5) is 0 Å². The molecular weight excluding hydrogens is 324 g/mol. The number of ketones is 1. The Bertz CT molecular complexity index is 780. The van der Waals surface area contributed by atoms with Gasteiger partial charge in [0, 0.05) is 11.6 Å². The molecule has 0 saturated carbocycles. The van der Waals surface area contributed by atoms with Crippen molar-refractivity contribution in [1.29, 1.82) is 0 Å². The third-order valence-corrected chi connectivity index (χ3v) is 3.35. The maximum absolute atomic E-state index is 11.5. The van der Waals surface area contributed by atoms with Gasteiger partial charge in [0.05, 0.1) is 14.2 Å². The fraction of sp³-hybridized carbons (Fsp3) is 0.158. The number of rotatable bonds is 7. The van der Waals surface area contributed by atoms with Gasteiger partial charge in [-0.3, -0.25) is 4.79 Å². The fourth-order valence-corrected chi connectivity index (χ4v) is 2.05. The van der Waals surface area contributed by atoms with Crippen molar-refractivity contribution in [1.82, 2.24) is 0 Å². The van der Waals surface area contributed by atoms with Gasteiger partial charge in [-0.15, -0.1) is 0 Å². The lowest BCUT2D eigenvalue weighted by atomic mass is 10.1. The number of esters is 1. The third-order valence-electron chi connectivity index (χ3n) is 3.35. The summed E-state index contributed by atoms with van der Waals surface area (Å²) in [5.41, 5.74) is 1.27. The zero-order chi connectivity index (χ0) is 18.2. The van der Waals surface area contributed by atoms with E-state index >= 15 is 0 Å². The fourth-order valence-electron chi connectivity index (χ4n) is 2.05. The molecule has 2 aromatic rings. The quantitative estimate of drug-likeness (QED) is 0.361. The van der Waals surface area contributed by atoms with Crippen molar-refractivity contribution < 1.29 is 28.9 Å². The number of aliphatic hydroxyl groups excluding tert-OH is 1. The largest absolute Gasteiger partial charge is 0.507 e. The number of carbonyl (C=O) groups is 2. The summed E-state index contributed by atoms with van der Waals surface area (Å²) in [5, 5.41) is 10.0. The molecule has 6 heteroatoms. The second-order valence-corrected chi connectivity index (χ2v) is 5.03. The first kappa shape index (κ1) is 18.1. The molecule has 0 spiro atoms. The van der Waals surface area contributed by atoms with Crippen LogP contribution >= 0.6 is 0 Å². The van der Waals surface area contributed by atoms with E-state index in [1.54, 1.807) is 12.1 Å². The van der Waals surface area contributed by atoms with Crippen molar-refractivity contribution >= 4 is 17.5 Å². The minimum Gasteiger partial charge on any atom is -0.507 e. The molecule has 2 aromatic carbocycles. The molecule has 0 saturated heterocycles. The number of hydrogen-bond donors (Lipinski definition) is 1. The van der Waals surface area contributed by atoms with E-state index in [-0.39, 0.29) is 5.76 Å². The smallest absolute Gasteiger partial charge is 0.378 e. The Hall–Kier alpha value is -3.28. The highest BCUT2D eigenvalue weighted by Gasteiger charge is 2.14. The second kappa shape index (κ2) is 8.54. The minimum atomic E-state index is -1.05. The van der Waals surface area contributed by atoms with Gasteiger partial charge < -0.3 is 19.3 Å². The SMILES string of the molecule is COC(=O)C(=O)C=C(O)c1ccc(OC)c(OCc2ccccc2)c1. The number of methoxy groups -OCH3 is 2. The number of carbonyl (C=O) groups excluding carboxylic acids is 2. The average Bonchev–Trinajstić information content (AvgIpc) is 2.66. The molecule has 0 aliphatic heterocycles. The molecule has 0 bridgehead atoms. The Labute approximate surface area is 145 Å². The molecule has 1 N–H and O–H groups in total. The van der Waals surface area contributed by atoms with Crippen LogP contribution in [0.1, 0.15) is 11.1 Å². The summed E-state index contributed by atoms with van der Waals surface area (Å²) in [6.07, 6.45) is 0.800. The molecule has 0 heterocycles. The Balaban J connectivity index is 2.22. The number of hydrogen-bond acceptors (Lipinski definition) is 6. The van der Waals surface area contributed by atoms with Crippen molar-refractivity contribution in [2.75, 3.05) is 14.2 Å². The van der Waals surface area contributed by atoms with Crippen molar-refractivity contribution in [3.05, 3.63) is 65.7 Å². The summed E-state index contributed by atoms with van der Waals surface area (Å²) < 4.78 is 15.3. The summed E-state index contributed by atoms with van der Waals surface area (Å²) in [4.78, 5) is 22.6. The van der Waals surface area contributed by atoms with E-state index in [0.717, 1.165) is 18.7 Å². The van der Waals surface area contributed by atoms with E-state index in [0.29, 0.717) is 23.7 Å². The topological polar surface area (TPSA) is 82.1 Å². The van der Waals surface area contributed by atoms with Gasteiger partial charge >= 0.3 is 5.97 Å². The average molecular weight is 342 g/mol. The van der Waals surface area contributed by atoms with Gasteiger partial charge in [0.1, 0.15) is 12.4 Å². The second-order valence-electron chi connectivity index (χ2n) is 5.03. The highest BCUT2D eigenvalue weighted by molar-refractivity contribution is 6.39. The summed E-state index contributed by atoms with van der Waals surface area (Å²) in [5.74, 6) is -1.51. The van der Waals surface area contributed by atoms with Gasteiger partial charge in [0.2, 0.25) is 0 Å². The normalized spacial score (nSPS) is 10.9. The lowest BCUT2D eigenvalue weighted by molar-refractivity contribution is -0.149. The molecule has 0 unspecified atom stereocenters. The van der Waals surface area contributed by atoms with E-state index < -0.39 is 11.8 Å². The van der Waals surface area contributed by atoms with Crippen molar-refractivity contribution in [3.63, 3.8) is 0 Å². The summed E-state index contributed by atoms with van der Waals surface area (Å²) >= 11 is 0. The van der Waals surface area contributed by atoms with Crippen LogP contribution < -0.4 is 9.47 Å². The Morgan fingerprint density at radius 2 is 1.76 bits per heavy atom. The predicted molar refractivity (Wildman–Crippen MR) is 91.4 cm³/mol. The summed E-state index contributed by atoms with van der Waals surface area (Å²) in [6.45, 7) is 0.312. The molecule has 0 radical (unpaired) electrons. The van der Waals surface area contributed by atoms with Crippen LogP contribution in [0.15, 0.2) is 54.6 Å². The van der Waals surface area contributed by atoms with E-state index in [1.165, 1.54) is 13.2 Å². The standard InChI is InChI=1S/C19H18O6/c1-23-17-9-8-14(15(20)11-16(21)19(22)24-2)10-18(17)25-12-13-6-4-3-5-7-13/h3-11,20H,12H2,1-2H3. The van der Waals surface area contributed by atoms with Crippen LogP contribution in [-0.4, -0.2) is 31.1 Å². The molecule has 0 atom stereocenters. The van der Waals surface area contributed by atoms with Crippen LogP contribution in [0.5, 0.6) is 11.5 Å². The maximum atomic E-state index is 11.5. The molecule has 130 valence electrons. The molecule has 0 aromatic heterocycles. The first-order valence-corrected chi connectivity index (χ1v) is 7.43. The molecule has 6 nitrogen and oxygen atoms in total. The summed E-state index contributed by atoms with van der Waals surface area (Å²) in [6, 6.07) is 14.2. The van der Waals surface area contributed by atoms with Gasteiger partial charge in [-0.25, -0.2) is 4.79 Å². The van der Waals surface area contributed by atoms with Crippen molar-refractivity contribution in [2.24, 2.45) is 0 Å². The Kier molecular flexibility index (Phi) is 6.17. The number of ether oxygens (including phenoxy) is 3. The van der Waals surface area contributed by atoms with E-state index in [9.17, 15) is 14.7 Å². The van der Waals surface area contributed by atoms with Crippen LogP contribution in [0.3, 0.4) is 0 Å². The molecule has 0 aliphatic carbocycles. The van der Waals surface area contributed by atoms with Gasteiger partial charge in [0.25, 0.3) is 5.78 Å². The van der Waals surface area contributed by atoms with Gasteiger partial charge in [-0.1, -0.05) is 30.3 Å². The molecule has 2 rings (SSSR count). The first-order chi connectivity index (χ1) is 12.0.